The van der Waals surface area contributed by atoms with Crippen LogP contribution in [-0.2, 0) is 6.54 Å². The molecule has 0 aliphatic rings. The molecule has 0 aliphatic heterocycles. The van der Waals surface area contributed by atoms with Crippen molar-refractivity contribution in [3.8, 4) is 11.5 Å². The Morgan fingerprint density at radius 2 is 1.95 bits per heavy atom. The molecule has 0 fully saturated rings. The molecule has 2 aromatic carbocycles. The Morgan fingerprint density at radius 3 is 2.65 bits per heavy atom. The third-order valence-corrected chi connectivity index (χ3v) is 3.38. The zero-order valence-electron chi connectivity index (χ0n) is 12.1. The maximum Gasteiger partial charge on any atom is 0.133 e. The molecule has 0 heterocycles. The second-order valence-corrected chi connectivity index (χ2v) is 5.55. The Bertz CT molecular complexity index is 581. The van der Waals surface area contributed by atoms with Gasteiger partial charge in [-0.25, -0.2) is 0 Å². The van der Waals surface area contributed by atoms with Crippen LogP contribution in [-0.4, -0.2) is 7.05 Å². The highest BCUT2D eigenvalue weighted by Crippen LogP contribution is 2.30. The van der Waals surface area contributed by atoms with Crippen LogP contribution in [0.15, 0.2) is 42.5 Å². The Balaban J connectivity index is 2.29. The van der Waals surface area contributed by atoms with Gasteiger partial charge in [-0.2, -0.15) is 0 Å². The Hall–Kier alpha value is -1.51. The molecule has 2 nitrogen and oxygen atoms in total. The summed E-state index contributed by atoms with van der Waals surface area (Å²) in [5.41, 5.74) is 2.35. The van der Waals surface area contributed by atoms with E-state index in [0.29, 0.717) is 10.9 Å². The van der Waals surface area contributed by atoms with Crippen molar-refractivity contribution >= 4 is 11.6 Å². The first-order chi connectivity index (χ1) is 9.60. The fourth-order valence-electron chi connectivity index (χ4n) is 2.02. The molecule has 0 saturated heterocycles. The van der Waals surface area contributed by atoms with Crippen LogP contribution in [0, 0.1) is 0 Å². The van der Waals surface area contributed by atoms with Crippen LogP contribution in [0.5, 0.6) is 11.5 Å². The van der Waals surface area contributed by atoms with Gasteiger partial charge in [0.1, 0.15) is 11.5 Å². The summed E-state index contributed by atoms with van der Waals surface area (Å²) in [6.07, 6.45) is 0. The molecule has 106 valence electrons. The number of hydrogen-bond acceptors (Lipinski definition) is 2. The Labute approximate surface area is 125 Å². The van der Waals surface area contributed by atoms with Gasteiger partial charge in [0.15, 0.2) is 0 Å². The van der Waals surface area contributed by atoms with Gasteiger partial charge >= 0.3 is 0 Å². The third-order valence-electron chi connectivity index (χ3n) is 3.15. The van der Waals surface area contributed by atoms with Gasteiger partial charge in [0.25, 0.3) is 0 Å². The topological polar surface area (TPSA) is 21.3 Å². The first-order valence-electron chi connectivity index (χ1n) is 6.81. The van der Waals surface area contributed by atoms with Crippen LogP contribution in [0.1, 0.15) is 30.9 Å². The van der Waals surface area contributed by atoms with E-state index < -0.39 is 0 Å². The first kappa shape index (κ1) is 14.9. The predicted octanol–water partition coefficient (Wildman–Crippen LogP) is 4.98. The number of hydrogen-bond donors (Lipinski definition) is 1. The molecule has 2 aromatic rings. The van der Waals surface area contributed by atoms with E-state index in [1.807, 2.05) is 37.4 Å². The third kappa shape index (κ3) is 3.75. The van der Waals surface area contributed by atoms with Gasteiger partial charge in [-0.15, -0.1) is 0 Å². The monoisotopic (exact) mass is 289 g/mol. The van der Waals surface area contributed by atoms with E-state index in [1.54, 1.807) is 0 Å². The van der Waals surface area contributed by atoms with E-state index >= 15 is 0 Å². The standard InChI is InChI=1S/C17H20ClNO/c1-12(2)13-5-4-6-16(9-13)20-17-10-15(18)8-7-14(17)11-19-3/h4-10,12,19H,11H2,1-3H3. The van der Waals surface area contributed by atoms with Crippen molar-refractivity contribution in [2.45, 2.75) is 26.3 Å². The smallest absolute Gasteiger partial charge is 0.133 e. The number of ether oxygens (including phenoxy) is 1. The van der Waals surface area contributed by atoms with Crippen molar-refractivity contribution in [1.82, 2.24) is 5.32 Å². The molecule has 2 rings (SSSR count). The van der Waals surface area contributed by atoms with Gasteiger partial charge in [0.2, 0.25) is 0 Å². The van der Waals surface area contributed by atoms with Crippen LogP contribution in [0.3, 0.4) is 0 Å². The summed E-state index contributed by atoms with van der Waals surface area (Å²) in [5.74, 6) is 2.12. The maximum absolute atomic E-state index is 6.06. The average Bonchev–Trinajstić information content (AvgIpc) is 2.42. The Morgan fingerprint density at radius 1 is 1.15 bits per heavy atom. The molecule has 0 aromatic heterocycles. The quantitative estimate of drug-likeness (QED) is 0.838. The summed E-state index contributed by atoms with van der Waals surface area (Å²) >= 11 is 6.06. The maximum atomic E-state index is 6.06. The summed E-state index contributed by atoms with van der Waals surface area (Å²) in [5, 5.41) is 3.82. The van der Waals surface area contributed by atoms with E-state index in [-0.39, 0.29) is 0 Å². The van der Waals surface area contributed by atoms with Gasteiger partial charge in [0.05, 0.1) is 0 Å². The van der Waals surface area contributed by atoms with Crippen molar-refractivity contribution in [3.05, 3.63) is 58.6 Å². The lowest BCUT2D eigenvalue weighted by atomic mass is 10.0. The van der Waals surface area contributed by atoms with E-state index in [2.05, 4.69) is 31.3 Å². The molecule has 0 spiro atoms. The highest BCUT2D eigenvalue weighted by atomic mass is 35.5. The van der Waals surface area contributed by atoms with Crippen LogP contribution < -0.4 is 10.1 Å². The second kappa shape index (κ2) is 6.78. The molecule has 20 heavy (non-hydrogen) atoms. The molecule has 3 heteroatoms. The minimum atomic E-state index is 0.481. The number of nitrogens with one attached hydrogen (secondary N) is 1. The van der Waals surface area contributed by atoms with E-state index in [1.165, 1.54) is 5.56 Å². The predicted molar refractivity (Wildman–Crippen MR) is 84.8 cm³/mol. The molecular formula is C17H20ClNO. The summed E-state index contributed by atoms with van der Waals surface area (Å²) < 4.78 is 6.01. The Kier molecular flexibility index (Phi) is 5.05. The highest BCUT2D eigenvalue weighted by molar-refractivity contribution is 6.30. The second-order valence-electron chi connectivity index (χ2n) is 5.11. The van der Waals surface area contributed by atoms with Gasteiger partial charge < -0.3 is 10.1 Å². The van der Waals surface area contributed by atoms with Crippen molar-refractivity contribution < 1.29 is 4.74 Å². The normalized spacial score (nSPS) is 10.8. The fraction of sp³-hybridized carbons (Fsp3) is 0.294. The van der Waals surface area contributed by atoms with Crippen LogP contribution in [0.2, 0.25) is 5.02 Å². The van der Waals surface area contributed by atoms with Gasteiger partial charge in [-0.1, -0.05) is 43.6 Å². The summed E-state index contributed by atoms with van der Waals surface area (Å²) in [6, 6.07) is 13.9. The molecule has 0 unspecified atom stereocenters. The lowest BCUT2D eigenvalue weighted by Gasteiger charge is -2.13. The molecule has 0 amide bonds. The van der Waals surface area contributed by atoms with E-state index in [9.17, 15) is 0 Å². The van der Waals surface area contributed by atoms with Crippen LogP contribution in [0.25, 0.3) is 0 Å². The number of rotatable bonds is 5. The van der Waals surface area contributed by atoms with Gasteiger partial charge in [0, 0.05) is 17.1 Å². The molecule has 0 bridgehead atoms. The van der Waals surface area contributed by atoms with E-state index in [0.717, 1.165) is 23.6 Å². The fourth-order valence-corrected chi connectivity index (χ4v) is 2.19. The zero-order valence-corrected chi connectivity index (χ0v) is 12.9. The molecular weight excluding hydrogens is 270 g/mol. The van der Waals surface area contributed by atoms with Crippen molar-refractivity contribution in [2.24, 2.45) is 0 Å². The van der Waals surface area contributed by atoms with Crippen molar-refractivity contribution in [2.75, 3.05) is 7.05 Å². The minimum Gasteiger partial charge on any atom is -0.457 e. The lowest BCUT2D eigenvalue weighted by molar-refractivity contribution is 0.473. The molecule has 0 saturated carbocycles. The molecule has 0 atom stereocenters. The first-order valence-corrected chi connectivity index (χ1v) is 7.19. The van der Waals surface area contributed by atoms with Crippen molar-refractivity contribution in [3.63, 3.8) is 0 Å². The molecule has 1 N–H and O–H groups in total. The minimum absolute atomic E-state index is 0.481. The summed E-state index contributed by atoms with van der Waals surface area (Å²) in [6.45, 7) is 5.09. The van der Waals surface area contributed by atoms with E-state index in [4.69, 9.17) is 16.3 Å². The summed E-state index contributed by atoms with van der Waals surface area (Å²) in [4.78, 5) is 0. The van der Waals surface area contributed by atoms with Crippen molar-refractivity contribution in [1.29, 1.82) is 0 Å². The highest BCUT2D eigenvalue weighted by Gasteiger charge is 2.07. The zero-order chi connectivity index (χ0) is 14.5. The number of halogens is 1. The largest absolute Gasteiger partial charge is 0.457 e. The SMILES string of the molecule is CNCc1ccc(Cl)cc1Oc1cccc(C(C)C)c1. The average molecular weight is 290 g/mol. The number of benzene rings is 2. The van der Waals surface area contributed by atoms with Crippen LogP contribution in [0.4, 0.5) is 0 Å². The molecule has 0 radical (unpaired) electrons. The van der Waals surface area contributed by atoms with Gasteiger partial charge in [-0.05, 0) is 42.8 Å². The summed E-state index contributed by atoms with van der Waals surface area (Å²) in [7, 11) is 1.91. The van der Waals surface area contributed by atoms with Crippen LogP contribution >= 0.6 is 11.6 Å². The lowest BCUT2D eigenvalue weighted by Crippen LogP contribution is -2.06. The molecule has 0 aliphatic carbocycles. The van der Waals surface area contributed by atoms with Gasteiger partial charge in [-0.3, -0.25) is 0 Å².